The zero-order valence-corrected chi connectivity index (χ0v) is 26.1. The predicted molar refractivity (Wildman–Crippen MR) is 171 cm³/mol. The van der Waals surface area contributed by atoms with Gasteiger partial charge >= 0.3 is 0 Å². The van der Waals surface area contributed by atoms with Crippen molar-refractivity contribution in [3.63, 3.8) is 0 Å². The number of benzene rings is 1. The van der Waals surface area contributed by atoms with Gasteiger partial charge in [0, 0.05) is 36.8 Å². The molecular weight excluding hydrogens is 600 g/mol. The van der Waals surface area contributed by atoms with E-state index in [1.165, 1.54) is 16.0 Å². The maximum atomic E-state index is 16.9. The minimum Gasteiger partial charge on any atom is -0.475 e. The molecule has 1 aromatic carbocycles. The highest BCUT2D eigenvalue weighted by Crippen LogP contribution is 2.58. The van der Waals surface area contributed by atoms with Crippen LogP contribution in [0.3, 0.4) is 0 Å². The molecule has 0 spiro atoms. The van der Waals surface area contributed by atoms with Crippen LogP contribution >= 0.6 is 0 Å². The van der Waals surface area contributed by atoms with Crippen LogP contribution in [0.4, 0.5) is 14.5 Å². The Balaban J connectivity index is 1.25. The van der Waals surface area contributed by atoms with Crippen LogP contribution in [0.15, 0.2) is 36.8 Å². The SMILES string of the molecule is C=C(F)C(=O)N1CCN(c2c(C#N)c(OCC34CCCN3CCC4)nc3c(F)c(-c4cccc5c4C4CC4C5)ncc23)C[C@@H]1CC#N. The van der Waals surface area contributed by atoms with Crippen molar-refractivity contribution in [2.45, 2.75) is 62.4 Å². The number of aromatic nitrogens is 2. The first-order valence-electron chi connectivity index (χ1n) is 16.5. The molecule has 3 saturated heterocycles. The number of hydrogen-bond acceptors (Lipinski definition) is 8. The van der Waals surface area contributed by atoms with E-state index < -0.39 is 23.6 Å². The topological polar surface area (TPSA) is 109 Å². The summed E-state index contributed by atoms with van der Waals surface area (Å²) in [7, 11) is 0. The number of anilines is 1. The molecule has 0 bridgehead atoms. The predicted octanol–water partition coefficient (Wildman–Crippen LogP) is 5.39. The molecule has 4 fully saturated rings. The Morgan fingerprint density at radius 3 is 2.72 bits per heavy atom. The molecule has 47 heavy (non-hydrogen) atoms. The summed E-state index contributed by atoms with van der Waals surface area (Å²) in [5.41, 5.74) is 3.89. The summed E-state index contributed by atoms with van der Waals surface area (Å²) >= 11 is 0. The molecule has 2 unspecified atom stereocenters. The molecule has 3 aliphatic heterocycles. The second kappa shape index (κ2) is 11.3. The van der Waals surface area contributed by atoms with Gasteiger partial charge < -0.3 is 14.5 Å². The van der Waals surface area contributed by atoms with Gasteiger partial charge in [-0.05, 0) is 74.6 Å². The van der Waals surface area contributed by atoms with Crippen molar-refractivity contribution in [3.8, 4) is 29.3 Å². The van der Waals surface area contributed by atoms with E-state index in [1.54, 1.807) is 6.20 Å². The molecule has 240 valence electrons. The van der Waals surface area contributed by atoms with Crippen LogP contribution in [-0.2, 0) is 11.2 Å². The van der Waals surface area contributed by atoms with Crippen molar-refractivity contribution in [1.29, 1.82) is 10.5 Å². The van der Waals surface area contributed by atoms with Crippen LogP contribution < -0.4 is 9.64 Å². The fraction of sp³-hybridized carbons (Fsp3) is 0.472. The van der Waals surface area contributed by atoms with E-state index in [4.69, 9.17) is 9.72 Å². The number of amides is 1. The number of hydrogen-bond donors (Lipinski definition) is 0. The molecule has 1 amide bonds. The smallest absolute Gasteiger partial charge is 0.282 e. The molecule has 1 saturated carbocycles. The maximum absolute atomic E-state index is 16.9. The third kappa shape index (κ3) is 4.74. The van der Waals surface area contributed by atoms with Gasteiger partial charge in [0.1, 0.15) is 29.5 Å². The normalized spacial score (nSPS) is 24.0. The van der Waals surface area contributed by atoms with Crippen molar-refractivity contribution >= 4 is 22.5 Å². The van der Waals surface area contributed by atoms with Crippen molar-refractivity contribution in [1.82, 2.24) is 19.8 Å². The minimum atomic E-state index is -1.10. The second-order valence-electron chi connectivity index (χ2n) is 13.7. The van der Waals surface area contributed by atoms with E-state index in [0.29, 0.717) is 29.5 Å². The number of halogens is 2. The molecule has 2 aliphatic carbocycles. The lowest BCUT2D eigenvalue weighted by Gasteiger charge is -2.42. The van der Waals surface area contributed by atoms with E-state index in [2.05, 4.69) is 34.7 Å². The van der Waals surface area contributed by atoms with E-state index >= 15 is 4.39 Å². The van der Waals surface area contributed by atoms with Crippen molar-refractivity contribution in [2.75, 3.05) is 44.2 Å². The zero-order valence-electron chi connectivity index (χ0n) is 26.1. The molecule has 5 aliphatic rings. The molecule has 0 radical (unpaired) electrons. The highest BCUT2D eigenvalue weighted by molar-refractivity contribution is 5.98. The van der Waals surface area contributed by atoms with Crippen LogP contribution in [0.2, 0.25) is 0 Å². The van der Waals surface area contributed by atoms with Gasteiger partial charge in [0.25, 0.3) is 5.91 Å². The summed E-state index contributed by atoms with van der Waals surface area (Å²) in [6.07, 6.45) is 7.77. The summed E-state index contributed by atoms with van der Waals surface area (Å²) in [6.45, 7) is 5.93. The van der Waals surface area contributed by atoms with Crippen molar-refractivity contribution in [2.24, 2.45) is 5.92 Å². The molecular formula is C36H35F2N7O2. The lowest BCUT2D eigenvalue weighted by molar-refractivity contribution is -0.131. The molecule has 3 atom stereocenters. The summed E-state index contributed by atoms with van der Waals surface area (Å²) in [4.78, 5) is 27.6. The fourth-order valence-corrected chi connectivity index (χ4v) is 8.84. The van der Waals surface area contributed by atoms with Crippen molar-refractivity contribution < 1.29 is 18.3 Å². The van der Waals surface area contributed by atoms with Crippen LogP contribution in [0, 0.1) is 34.4 Å². The average Bonchev–Trinajstić information content (AvgIpc) is 3.36. The van der Waals surface area contributed by atoms with Crippen LogP contribution in [0.1, 0.15) is 61.1 Å². The number of pyridine rings is 2. The lowest BCUT2D eigenvalue weighted by atomic mass is 9.95. The monoisotopic (exact) mass is 635 g/mol. The van der Waals surface area contributed by atoms with E-state index in [-0.39, 0.29) is 54.2 Å². The Morgan fingerprint density at radius 1 is 1.17 bits per heavy atom. The summed E-state index contributed by atoms with van der Waals surface area (Å²) in [5.74, 6) is -1.43. The quantitative estimate of drug-likeness (QED) is 0.318. The highest BCUT2D eigenvalue weighted by atomic mass is 19.1. The largest absolute Gasteiger partial charge is 0.475 e. The molecule has 11 heteroatoms. The van der Waals surface area contributed by atoms with Crippen LogP contribution in [-0.4, -0.2) is 76.6 Å². The number of rotatable bonds is 7. The number of fused-ring (bicyclic) bond motifs is 5. The van der Waals surface area contributed by atoms with Crippen LogP contribution in [0.5, 0.6) is 5.88 Å². The standard InChI is InChI=1S/C36H35F2N7O2/c1-21(37)35(46)45-14-13-43(19-24(45)7-10-39)33-27(17-40)34(47-20-36-8-3-11-44(36)12-4-9-36)42-32-28(33)18-41-31(30(32)38)25-6-2-5-22-15-23-16-26(23)29(22)25/h2,5-6,18,23-24,26H,1,3-4,7-9,11-16,19-20H2/t23?,24-,26?/m0/s1. The molecule has 5 heterocycles. The number of carbonyl (C=O) groups is 1. The van der Waals surface area contributed by atoms with Gasteiger partial charge in [-0.3, -0.25) is 14.7 Å². The Bertz CT molecular complexity index is 1910. The fourth-order valence-electron chi connectivity index (χ4n) is 8.84. The molecule has 9 nitrogen and oxygen atoms in total. The maximum Gasteiger partial charge on any atom is 0.282 e. The second-order valence-corrected chi connectivity index (χ2v) is 13.7. The minimum absolute atomic E-state index is 0.0554. The third-order valence-corrected chi connectivity index (χ3v) is 11.2. The van der Waals surface area contributed by atoms with E-state index in [9.17, 15) is 19.7 Å². The molecule has 8 rings (SSSR count). The van der Waals surface area contributed by atoms with Crippen molar-refractivity contribution in [3.05, 3.63) is 59.3 Å². The first kappa shape index (κ1) is 29.8. The number of carbonyl (C=O) groups excluding carboxylic acids is 1. The lowest BCUT2D eigenvalue weighted by Crippen LogP contribution is -2.55. The Kier molecular flexibility index (Phi) is 7.14. The van der Waals surface area contributed by atoms with Crippen LogP contribution in [0.25, 0.3) is 22.2 Å². The highest BCUT2D eigenvalue weighted by Gasteiger charge is 2.47. The number of ether oxygens (including phenoxy) is 1. The van der Waals surface area contributed by atoms with E-state index in [1.807, 2.05) is 17.0 Å². The molecule has 2 aromatic heterocycles. The molecule has 3 aromatic rings. The summed E-state index contributed by atoms with van der Waals surface area (Å²) in [6, 6.07) is 9.69. The van der Waals surface area contributed by atoms with Gasteiger partial charge in [-0.1, -0.05) is 24.8 Å². The molecule has 0 N–H and O–H groups in total. The van der Waals surface area contributed by atoms with Gasteiger partial charge in [-0.15, -0.1) is 0 Å². The van der Waals surface area contributed by atoms with Gasteiger partial charge in [0.15, 0.2) is 11.6 Å². The Hall–Kier alpha value is -4.61. The first-order valence-corrected chi connectivity index (χ1v) is 16.5. The third-order valence-electron chi connectivity index (χ3n) is 11.2. The summed E-state index contributed by atoms with van der Waals surface area (Å²) < 4.78 is 37.3. The Morgan fingerprint density at radius 2 is 1.98 bits per heavy atom. The van der Waals surface area contributed by atoms with Gasteiger partial charge in [-0.2, -0.15) is 10.5 Å². The number of nitriles is 2. The average molecular weight is 636 g/mol. The van der Waals surface area contributed by atoms with Gasteiger partial charge in [0.05, 0.1) is 29.8 Å². The zero-order chi connectivity index (χ0) is 32.4. The van der Waals surface area contributed by atoms with Gasteiger partial charge in [0.2, 0.25) is 5.88 Å². The Labute approximate surface area is 272 Å². The number of nitrogens with zero attached hydrogens (tertiary/aromatic N) is 7. The van der Waals surface area contributed by atoms with E-state index in [0.717, 1.165) is 57.2 Å². The number of piperazine rings is 1. The first-order chi connectivity index (χ1) is 22.8. The summed E-state index contributed by atoms with van der Waals surface area (Å²) in [5, 5.41) is 20.5. The van der Waals surface area contributed by atoms with Gasteiger partial charge in [-0.25, -0.2) is 13.8 Å².